The lowest BCUT2D eigenvalue weighted by Gasteiger charge is -2.23. The van der Waals surface area contributed by atoms with Crippen LogP contribution in [0.5, 0.6) is 0 Å². The van der Waals surface area contributed by atoms with Crippen molar-refractivity contribution in [1.29, 1.82) is 0 Å². The fourth-order valence-corrected chi connectivity index (χ4v) is 4.76. The number of carbonyl (C=O) groups is 2. The molecule has 1 saturated heterocycles. The number of likely N-dealkylation sites (N-methyl/N-ethyl adjacent to an activating group) is 1. The third-order valence-corrected chi connectivity index (χ3v) is 6.35. The van der Waals surface area contributed by atoms with Crippen LogP contribution in [0, 0.1) is 0 Å². The van der Waals surface area contributed by atoms with Crippen molar-refractivity contribution in [2.24, 2.45) is 0 Å². The molecule has 0 N–H and O–H groups in total. The Morgan fingerprint density at radius 3 is 2.74 bits per heavy atom. The Balaban J connectivity index is 1.67. The molecule has 1 aromatic heterocycles. The molecule has 3 rings (SSSR count). The molecule has 0 spiro atoms. The van der Waals surface area contributed by atoms with Crippen molar-refractivity contribution in [1.82, 2.24) is 4.90 Å². The molecule has 8 nitrogen and oxygen atoms in total. The average molecular weight is 414 g/mol. The molecule has 0 bridgehead atoms. The van der Waals surface area contributed by atoms with E-state index in [9.17, 15) is 22.8 Å². The lowest BCUT2D eigenvalue weighted by atomic mass is 10.2. The van der Waals surface area contributed by atoms with Gasteiger partial charge in [-0.15, -0.1) is 0 Å². The van der Waals surface area contributed by atoms with Crippen molar-refractivity contribution in [2.75, 3.05) is 25.2 Å². The predicted molar refractivity (Wildman–Crippen MR) is 97.6 cm³/mol. The largest absolute Gasteiger partial charge is 0.450 e. The van der Waals surface area contributed by atoms with Gasteiger partial charge in [0, 0.05) is 24.2 Å². The summed E-state index contributed by atoms with van der Waals surface area (Å²) in [6.07, 6.45) is 0.348. The van der Waals surface area contributed by atoms with Crippen LogP contribution in [0.15, 0.2) is 33.5 Å². The number of ether oxygens (including phenoxy) is 1. The zero-order chi connectivity index (χ0) is 19.8. The number of fused-ring (bicyclic) bond motifs is 1. The van der Waals surface area contributed by atoms with Crippen molar-refractivity contribution >= 4 is 44.3 Å². The quantitative estimate of drug-likeness (QED) is 0.693. The van der Waals surface area contributed by atoms with E-state index in [4.69, 9.17) is 20.8 Å². The molecule has 0 radical (unpaired) electrons. The first-order chi connectivity index (χ1) is 12.7. The highest BCUT2D eigenvalue weighted by atomic mass is 35.5. The average Bonchev–Trinajstić information content (AvgIpc) is 2.99. The van der Waals surface area contributed by atoms with Gasteiger partial charge in [0.25, 0.3) is 5.91 Å². The van der Waals surface area contributed by atoms with Gasteiger partial charge in [-0.05, 0) is 24.6 Å². The summed E-state index contributed by atoms with van der Waals surface area (Å²) in [4.78, 5) is 37.6. The summed E-state index contributed by atoms with van der Waals surface area (Å²) < 4.78 is 33.3. The maximum absolute atomic E-state index is 12.1. The number of amides is 1. The number of sulfone groups is 1. The number of halogens is 1. The summed E-state index contributed by atoms with van der Waals surface area (Å²) in [6, 6.07) is 4.92. The van der Waals surface area contributed by atoms with Crippen molar-refractivity contribution in [3.63, 3.8) is 0 Å². The summed E-state index contributed by atoms with van der Waals surface area (Å²) in [7, 11) is -1.68. The van der Waals surface area contributed by atoms with Crippen LogP contribution in [0.3, 0.4) is 0 Å². The van der Waals surface area contributed by atoms with Gasteiger partial charge in [0.15, 0.2) is 21.9 Å². The lowest BCUT2D eigenvalue weighted by Crippen LogP contribution is -2.40. The van der Waals surface area contributed by atoms with Crippen LogP contribution in [0.2, 0.25) is 5.02 Å². The van der Waals surface area contributed by atoms with Crippen LogP contribution in [0.25, 0.3) is 11.0 Å². The number of nitrogens with zero attached hydrogens (tertiary/aromatic N) is 1. The highest BCUT2D eigenvalue weighted by Crippen LogP contribution is 2.19. The molecule has 1 atom stereocenters. The van der Waals surface area contributed by atoms with Crippen molar-refractivity contribution < 1.29 is 27.2 Å². The zero-order valence-electron chi connectivity index (χ0n) is 14.3. The van der Waals surface area contributed by atoms with Crippen LogP contribution in [-0.4, -0.2) is 56.4 Å². The fraction of sp³-hybridized carbons (Fsp3) is 0.353. The van der Waals surface area contributed by atoms with Crippen molar-refractivity contribution in [3.8, 4) is 0 Å². The smallest absolute Gasteiger partial charge is 0.374 e. The molecule has 1 aliphatic heterocycles. The van der Waals surface area contributed by atoms with Crippen molar-refractivity contribution in [3.05, 3.63) is 45.3 Å². The number of hydrogen-bond donors (Lipinski definition) is 0. The zero-order valence-corrected chi connectivity index (χ0v) is 15.9. The molecule has 0 unspecified atom stereocenters. The van der Waals surface area contributed by atoms with Gasteiger partial charge in [-0.3, -0.25) is 9.59 Å². The van der Waals surface area contributed by atoms with Gasteiger partial charge in [0.1, 0.15) is 5.58 Å². The maximum atomic E-state index is 12.1. The topological polar surface area (TPSA) is 111 Å². The summed E-state index contributed by atoms with van der Waals surface area (Å²) in [5, 5.41) is 0.574. The van der Waals surface area contributed by atoms with E-state index in [1.54, 1.807) is 0 Å². The molecule has 1 amide bonds. The first-order valence-electron chi connectivity index (χ1n) is 8.03. The Hall–Kier alpha value is -2.39. The van der Waals surface area contributed by atoms with Crippen LogP contribution < -0.4 is 5.43 Å². The van der Waals surface area contributed by atoms with Gasteiger partial charge in [-0.2, -0.15) is 0 Å². The number of carbonyl (C=O) groups excluding carboxylic acids is 2. The molecule has 0 aliphatic carbocycles. The summed E-state index contributed by atoms with van der Waals surface area (Å²) >= 11 is 5.83. The molecular weight excluding hydrogens is 398 g/mol. The monoisotopic (exact) mass is 413 g/mol. The van der Waals surface area contributed by atoms with E-state index in [0.29, 0.717) is 11.4 Å². The molecule has 1 aromatic carbocycles. The predicted octanol–water partition coefficient (Wildman–Crippen LogP) is 1.25. The number of hydrogen-bond acceptors (Lipinski definition) is 7. The highest BCUT2D eigenvalue weighted by molar-refractivity contribution is 7.91. The lowest BCUT2D eigenvalue weighted by molar-refractivity contribution is -0.134. The number of rotatable bonds is 4. The first kappa shape index (κ1) is 19.4. The molecule has 1 fully saturated rings. The minimum Gasteiger partial charge on any atom is -0.450 e. The minimum absolute atomic E-state index is 0.0291. The van der Waals surface area contributed by atoms with Crippen LogP contribution >= 0.6 is 11.6 Å². The van der Waals surface area contributed by atoms with E-state index in [2.05, 4.69) is 0 Å². The Kier molecular flexibility index (Phi) is 5.25. The van der Waals surface area contributed by atoms with E-state index < -0.39 is 39.8 Å². The van der Waals surface area contributed by atoms with E-state index in [1.165, 1.54) is 30.1 Å². The van der Waals surface area contributed by atoms with Gasteiger partial charge < -0.3 is 14.1 Å². The Morgan fingerprint density at radius 1 is 1.33 bits per heavy atom. The second-order valence-electron chi connectivity index (χ2n) is 6.25. The summed E-state index contributed by atoms with van der Waals surface area (Å²) in [5.41, 5.74) is -0.302. The molecular formula is C17H16ClNO7S. The Bertz CT molecular complexity index is 1080. The number of benzene rings is 1. The summed E-state index contributed by atoms with van der Waals surface area (Å²) in [6.45, 7) is -0.589. The van der Waals surface area contributed by atoms with Crippen molar-refractivity contribution in [2.45, 2.75) is 12.5 Å². The normalized spacial score (nSPS) is 18.4. The molecule has 2 heterocycles. The van der Waals surface area contributed by atoms with Crippen LogP contribution in [-0.2, 0) is 19.4 Å². The number of esters is 1. The maximum Gasteiger partial charge on any atom is 0.374 e. The standard InChI is InChI=1S/C17H16ClNO7S/c1-19(11-4-5-27(23,24)9-11)16(21)8-25-17(22)15-7-13(20)12-6-10(18)2-3-14(12)26-15/h2-3,6-7,11H,4-5,8-9H2,1H3/t11-/m0/s1. The van der Waals surface area contributed by atoms with Gasteiger partial charge in [-0.25, -0.2) is 13.2 Å². The van der Waals surface area contributed by atoms with E-state index in [1.807, 2.05) is 0 Å². The van der Waals surface area contributed by atoms with Gasteiger partial charge in [0.05, 0.1) is 16.9 Å². The Morgan fingerprint density at radius 2 is 2.07 bits per heavy atom. The van der Waals surface area contributed by atoms with Crippen LogP contribution in [0.1, 0.15) is 17.0 Å². The Labute approximate surface area is 159 Å². The second-order valence-corrected chi connectivity index (χ2v) is 8.92. The van der Waals surface area contributed by atoms with Gasteiger partial charge in [-0.1, -0.05) is 11.6 Å². The summed E-state index contributed by atoms with van der Waals surface area (Å²) in [5.74, 6) is -1.93. The molecule has 10 heteroatoms. The van der Waals surface area contributed by atoms with Gasteiger partial charge >= 0.3 is 5.97 Å². The van der Waals surface area contributed by atoms with E-state index in [-0.39, 0.29) is 28.2 Å². The van der Waals surface area contributed by atoms with Gasteiger partial charge in [0.2, 0.25) is 5.76 Å². The molecule has 2 aromatic rings. The first-order valence-corrected chi connectivity index (χ1v) is 10.2. The molecule has 0 saturated carbocycles. The SMILES string of the molecule is CN(C(=O)COC(=O)c1cc(=O)c2cc(Cl)ccc2o1)[C@H]1CCS(=O)(=O)C1. The fourth-order valence-electron chi connectivity index (χ4n) is 2.81. The van der Waals surface area contributed by atoms with E-state index >= 15 is 0 Å². The molecule has 144 valence electrons. The third-order valence-electron chi connectivity index (χ3n) is 4.37. The highest BCUT2D eigenvalue weighted by Gasteiger charge is 2.33. The minimum atomic E-state index is -3.14. The van der Waals surface area contributed by atoms with Crippen LogP contribution in [0.4, 0.5) is 0 Å². The third kappa shape index (κ3) is 4.30. The second kappa shape index (κ2) is 7.32. The molecule has 27 heavy (non-hydrogen) atoms. The van der Waals surface area contributed by atoms with E-state index in [0.717, 1.165) is 6.07 Å². The molecule has 1 aliphatic rings.